The van der Waals surface area contributed by atoms with Crippen LogP contribution in [-0.4, -0.2) is 18.2 Å². The summed E-state index contributed by atoms with van der Waals surface area (Å²) in [4.78, 5) is 11.2. The van der Waals surface area contributed by atoms with Crippen LogP contribution in [0.2, 0.25) is 0 Å². The average molecular weight is 274 g/mol. The zero-order chi connectivity index (χ0) is 14.5. The van der Waals surface area contributed by atoms with E-state index in [0.717, 1.165) is 31.4 Å². The monoisotopic (exact) mass is 274 g/mol. The topological polar surface area (TPSA) is 46.5 Å². The Hall–Kier alpha value is -1.77. The van der Waals surface area contributed by atoms with Gasteiger partial charge in [0.1, 0.15) is 5.75 Å². The number of hydrogen-bond donors (Lipinski definition) is 1. The molecule has 1 atom stereocenters. The Morgan fingerprint density at radius 2 is 1.90 bits per heavy atom. The van der Waals surface area contributed by atoms with Gasteiger partial charge >= 0.3 is 5.97 Å². The lowest BCUT2D eigenvalue weighted by Crippen LogP contribution is -2.25. The fraction of sp³-hybridized carbons (Fsp3) is 0.471. The van der Waals surface area contributed by atoms with Crippen molar-refractivity contribution in [1.82, 2.24) is 0 Å². The van der Waals surface area contributed by atoms with Gasteiger partial charge in [0.25, 0.3) is 0 Å². The van der Waals surface area contributed by atoms with E-state index in [2.05, 4.69) is 18.7 Å². The molecule has 0 spiro atoms. The fourth-order valence-electron chi connectivity index (χ4n) is 3.18. The first-order valence-corrected chi connectivity index (χ1v) is 7.15. The van der Waals surface area contributed by atoms with Crippen LogP contribution in [0.1, 0.15) is 37.2 Å². The number of carboxylic acid groups (broad SMARTS) is 1. The van der Waals surface area contributed by atoms with Gasteiger partial charge in [-0.15, -0.1) is 6.58 Å². The number of methoxy groups -OCH3 is 1. The summed E-state index contributed by atoms with van der Waals surface area (Å²) in [6.07, 6.45) is 5.60. The highest BCUT2D eigenvalue weighted by atomic mass is 16.5. The molecular formula is C17H22O3. The van der Waals surface area contributed by atoms with Gasteiger partial charge in [-0.25, -0.2) is 0 Å². The lowest BCUT2D eigenvalue weighted by molar-refractivity contribution is -0.142. The van der Waals surface area contributed by atoms with E-state index < -0.39 is 11.9 Å². The van der Waals surface area contributed by atoms with E-state index in [1.807, 2.05) is 12.1 Å². The molecule has 0 amide bonds. The second-order valence-corrected chi connectivity index (χ2v) is 5.48. The van der Waals surface area contributed by atoms with Crippen LogP contribution < -0.4 is 4.74 Å². The number of ether oxygens (including phenoxy) is 1. The Labute approximate surface area is 120 Å². The van der Waals surface area contributed by atoms with Crippen molar-refractivity contribution in [3.05, 3.63) is 42.5 Å². The molecule has 1 unspecified atom stereocenters. The van der Waals surface area contributed by atoms with E-state index in [1.165, 1.54) is 5.56 Å². The van der Waals surface area contributed by atoms with Gasteiger partial charge in [-0.3, -0.25) is 4.79 Å². The number of rotatable bonds is 5. The largest absolute Gasteiger partial charge is 0.497 e. The number of benzene rings is 1. The third-order valence-electron chi connectivity index (χ3n) is 4.41. The van der Waals surface area contributed by atoms with E-state index in [-0.39, 0.29) is 5.92 Å². The summed E-state index contributed by atoms with van der Waals surface area (Å²) >= 11 is 0. The van der Waals surface area contributed by atoms with Crippen molar-refractivity contribution in [2.45, 2.75) is 31.6 Å². The Balaban J connectivity index is 1.96. The molecule has 1 aromatic carbocycles. The molecule has 108 valence electrons. The molecule has 3 nitrogen and oxygen atoms in total. The van der Waals surface area contributed by atoms with Gasteiger partial charge in [-0.05, 0) is 55.2 Å². The maximum atomic E-state index is 11.2. The Morgan fingerprint density at radius 3 is 2.35 bits per heavy atom. The first kappa shape index (κ1) is 14.6. The summed E-state index contributed by atoms with van der Waals surface area (Å²) in [6.45, 7) is 3.66. The summed E-state index contributed by atoms with van der Waals surface area (Å²) in [7, 11) is 1.67. The minimum absolute atomic E-state index is 0.236. The predicted octanol–water partition coefficient (Wildman–Crippen LogP) is 3.86. The zero-order valence-corrected chi connectivity index (χ0v) is 11.9. The fourth-order valence-corrected chi connectivity index (χ4v) is 3.18. The number of carbonyl (C=O) groups is 1. The zero-order valence-electron chi connectivity index (χ0n) is 11.9. The molecule has 0 saturated heterocycles. The van der Waals surface area contributed by atoms with E-state index in [1.54, 1.807) is 13.2 Å². The van der Waals surface area contributed by atoms with Crippen LogP contribution in [0, 0.1) is 11.8 Å². The molecule has 20 heavy (non-hydrogen) atoms. The van der Waals surface area contributed by atoms with Gasteiger partial charge < -0.3 is 9.84 Å². The van der Waals surface area contributed by atoms with Crippen molar-refractivity contribution in [2.75, 3.05) is 7.11 Å². The lowest BCUT2D eigenvalue weighted by atomic mass is 9.74. The molecule has 0 aromatic heterocycles. The first-order valence-electron chi connectivity index (χ1n) is 7.15. The number of hydrogen-bond acceptors (Lipinski definition) is 2. The first-order chi connectivity index (χ1) is 9.65. The van der Waals surface area contributed by atoms with Crippen molar-refractivity contribution in [2.24, 2.45) is 11.8 Å². The maximum Gasteiger partial charge on any atom is 0.310 e. The third kappa shape index (κ3) is 3.21. The molecule has 0 aliphatic heterocycles. The van der Waals surface area contributed by atoms with Crippen molar-refractivity contribution >= 4 is 5.97 Å². The van der Waals surface area contributed by atoms with Crippen LogP contribution in [0.25, 0.3) is 0 Å². The van der Waals surface area contributed by atoms with Crippen LogP contribution in [0.15, 0.2) is 36.9 Å². The number of carboxylic acids is 1. The highest BCUT2D eigenvalue weighted by Crippen LogP contribution is 2.39. The van der Waals surface area contributed by atoms with E-state index >= 15 is 0 Å². The molecule has 3 heteroatoms. The lowest BCUT2D eigenvalue weighted by Gasteiger charge is -2.31. The van der Waals surface area contributed by atoms with E-state index in [4.69, 9.17) is 4.74 Å². The van der Waals surface area contributed by atoms with E-state index in [9.17, 15) is 9.90 Å². The van der Waals surface area contributed by atoms with Crippen LogP contribution in [0.3, 0.4) is 0 Å². The second-order valence-electron chi connectivity index (χ2n) is 5.48. The van der Waals surface area contributed by atoms with Gasteiger partial charge in [-0.2, -0.15) is 0 Å². The Kier molecular flexibility index (Phi) is 4.83. The van der Waals surface area contributed by atoms with Gasteiger partial charge in [0.15, 0.2) is 0 Å². The van der Waals surface area contributed by atoms with Crippen LogP contribution in [0.5, 0.6) is 5.75 Å². The minimum Gasteiger partial charge on any atom is -0.497 e. The number of aliphatic carboxylic acids is 1. The van der Waals surface area contributed by atoms with Crippen molar-refractivity contribution in [3.8, 4) is 5.75 Å². The summed E-state index contributed by atoms with van der Waals surface area (Å²) in [5, 5.41) is 9.18. The maximum absolute atomic E-state index is 11.2. The normalized spacial score (nSPS) is 23.9. The predicted molar refractivity (Wildman–Crippen MR) is 79.0 cm³/mol. The third-order valence-corrected chi connectivity index (χ3v) is 4.41. The summed E-state index contributed by atoms with van der Waals surface area (Å²) in [5.41, 5.74) is 1.33. The average Bonchev–Trinajstić information content (AvgIpc) is 2.48. The minimum atomic E-state index is -0.743. The van der Waals surface area contributed by atoms with Crippen LogP contribution in [-0.2, 0) is 4.79 Å². The molecule has 1 saturated carbocycles. The molecular weight excluding hydrogens is 252 g/mol. The van der Waals surface area contributed by atoms with Crippen LogP contribution in [0.4, 0.5) is 0 Å². The second kappa shape index (κ2) is 6.60. The van der Waals surface area contributed by atoms with Gasteiger partial charge in [0, 0.05) is 0 Å². The molecule has 0 radical (unpaired) electrons. The highest BCUT2D eigenvalue weighted by molar-refractivity contribution is 5.72. The van der Waals surface area contributed by atoms with Gasteiger partial charge in [0.2, 0.25) is 0 Å². The van der Waals surface area contributed by atoms with Crippen molar-refractivity contribution in [3.63, 3.8) is 0 Å². The van der Waals surface area contributed by atoms with Crippen LogP contribution >= 0.6 is 0 Å². The Bertz CT molecular complexity index is 456. The molecule has 1 aliphatic rings. The molecule has 2 rings (SSSR count). The quantitative estimate of drug-likeness (QED) is 0.829. The summed E-state index contributed by atoms with van der Waals surface area (Å²) in [6, 6.07) is 8.22. The van der Waals surface area contributed by atoms with Gasteiger partial charge in [-0.1, -0.05) is 18.2 Å². The standard InChI is InChI=1S/C17H22O3/c1-3-16(17(18)19)14-6-4-12(5-7-14)13-8-10-15(20-2)11-9-13/h3,8-12,14,16H,1,4-7H2,2H3,(H,18,19). The summed E-state index contributed by atoms with van der Waals surface area (Å²) in [5.74, 6) is 0.510. The molecule has 1 fully saturated rings. The van der Waals surface area contributed by atoms with Gasteiger partial charge in [0.05, 0.1) is 13.0 Å². The molecule has 0 heterocycles. The molecule has 0 bridgehead atoms. The Morgan fingerprint density at radius 1 is 1.30 bits per heavy atom. The SMILES string of the molecule is C=CC(C(=O)O)C1CCC(c2ccc(OC)cc2)CC1. The summed E-state index contributed by atoms with van der Waals surface area (Å²) < 4.78 is 5.17. The van der Waals surface area contributed by atoms with E-state index in [0.29, 0.717) is 5.92 Å². The highest BCUT2D eigenvalue weighted by Gasteiger charge is 2.30. The molecule has 1 N–H and O–H groups in total. The van der Waals surface area contributed by atoms with Crippen molar-refractivity contribution < 1.29 is 14.6 Å². The molecule has 1 aliphatic carbocycles. The van der Waals surface area contributed by atoms with Crippen molar-refractivity contribution in [1.29, 1.82) is 0 Å². The smallest absolute Gasteiger partial charge is 0.310 e. The molecule has 1 aromatic rings.